The second-order valence-electron chi connectivity index (χ2n) is 11.4. The minimum Gasteiger partial charge on any atom is -0.484 e. The van der Waals surface area contributed by atoms with Gasteiger partial charge >= 0.3 is 0 Å². The number of β-amino-alcohol motifs (C(OH)–C–C–N with tert-alkyl or cyclic N) is 1. The van der Waals surface area contributed by atoms with E-state index >= 15 is 0 Å². The molecule has 1 aromatic carbocycles. The maximum absolute atomic E-state index is 13.0. The lowest BCUT2D eigenvalue weighted by atomic mass is 9.94. The van der Waals surface area contributed by atoms with Gasteiger partial charge in [-0.05, 0) is 42.0 Å². The zero-order valence-corrected chi connectivity index (χ0v) is 24.9. The molecule has 42 heavy (non-hydrogen) atoms. The molecule has 11 nitrogen and oxygen atoms in total. The fourth-order valence-electron chi connectivity index (χ4n) is 5.29. The molecule has 2 N–H and O–H groups in total. The highest BCUT2D eigenvalue weighted by Gasteiger charge is 2.29. The Morgan fingerprint density at radius 1 is 1.26 bits per heavy atom. The number of aliphatic hydroxyl groups is 1. The number of rotatable bonds is 11. The standard InChI is InChI=1S/C30H37ClN6O5/c1-18(2)29-34-22(8-20-12-37(13-20)19(3)38)9-26(35-29)30(40)33-10-23(39)15-36-7-6-25-21(14-36)4-5-27(28(25)31)41-16-24-11-32-17-42-24/h4-5,9,11,17-18,20,23,39H,6-8,10,12-16H2,1-3H3,(H,33,40)/t23-/m0/s1. The Labute approximate surface area is 250 Å². The van der Waals surface area contributed by atoms with Gasteiger partial charge in [0.1, 0.15) is 23.9 Å². The van der Waals surface area contributed by atoms with Gasteiger partial charge in [-0.25, -0.2) is 15.0 Å². The van der Waals surface area contributed by atoms with Gasteiger partial charge in [-0.3, -0.25) is 14.5 Å². The third kappa shape index (κ3) is 7.26. The molecule has 1 saturated heterocycles. The number of nitrogens with zero attached hydrogens (tertiary/aromatic N) is 5. The number of benzene rings is 1. The van der Waals surface area contributed by atoms with Gasteiger partial charge in [0.05, 0.1) is 17.3 Å². The molecule has 0 saturated carbocycles. The van der Waals surface area contributed by atoms with Crippen LogP contribution in [0.3, 0.4) is 0 Å². The van der Waals surface area contributed by atoms with Gasteiger partial charge in [0, 0.05) is 57.8 Å². The summed E-state index contributed by atoms with van der Waals surface area (Å²) in [6.07, 6.45) is 3.61. The van der Waals surface area contributed by atoms with Crippen LogP contribution in [0, 0.1) is 5.92 Å². The fourth-order valence-corrected chi connectivity index (χ4v) is 5.62. The van der Waals surface area contributed by atoms with Crippen LogP contribution in [0.25, 0.3) is 0 Å². The molecule has 4 heterocycles. The lowest BCUT2D eigenvalue weighted by molar-refractivity contribution is -0.134. The monoisotopic (exact) mass is 596 g/mol. The molecule has 2 aliphatic rings. The van der Waals surface area contributed by atoms with Gasteiger partial charge in [0.15, 0.2) is 12.2 Å². The summed E-state index contributed by atoms with van der Waals surface area (Å²) in [7, 11) is 0. The van der Waals surface area contributed by atoms with Crippen LogP contribution in [0.2, 0.25) is 5.02 Å². The quantitative estimate of drug-likeness (QED) is 0.342. The molecule has 0 radical (unpaired) electrons. The van der Waals surface area contributed by atoms with Gasteiger partial charge in [-0.15, -0.1) is 0 Å². The number of oxazole rings is 1. The predicted molar refractivity (Wildman–Crippen MR) is 155 cm³/mol. The SMILES string of the molecule is CC(=O)N1CC(Cc2cc(C(=O)NC[C@H](O)CN3CCc4c(ccc(OCc5cnco5)c4Cl)C3)nc(C(C)C)n2)C1. The number of nitrogens with one attached hydrogen (secondary N) is 1. The first kappa shape index (κ1) is 29.9. The number of ether oxygens (including phenoxy) is 1. The van der Waals surface area contributed by atoms with Crippen LogP contribution in [0.1, 0.15) is 65.6 Å². The first-order chi connectivity index (χ1) is 20.2. The van der Waals surface area contributed by atoms with Crippen LogP contribution >= 0.6 is 11.6 Å². The minimum atomic E-state index is -0.756. The van der Waals surface area contributed by atoms with Crippen LogP contribution in [-0.4, -0.2) is 80.5 Å². The number of likely N-dealkylation sites (tertiary alicyclic amines) is 1. The van der Waals surface area contributed by atoms with E-state index in [-0.39, 0.29) is 30.9 Å². The number of aliphatic hydroxyl groups excluding tert-OH is 1. The molecule has 2 aromatic heterocycles. The highest BCUT2D eigenvalue weighted by atomic mass is 35.5. The van der Waals surface area contributed by atoms with Crippen LogP contribution < -0.4 is 10.1 Å². The summed E-state index contributed by atoms with van der Waals surface area (Å²) in [6, 6.07) is 5.57. The number of amides is 2. The summed E-state index contributed by atoms with van der Waals surface area (Å²) in [4.78, 5) is 41.5. The lowest BCUT2D eigenvalue weighted by Crippen LogP contribution is -2.49. The number of carbonyl (C=O) groups excluding carboxylic acids is 2. The van der Waals surface area contributed by atoms with E-state index in [1.54, 1.807) is 24.1 Å². The molecule has 12 heteroatoms. The number of fused-ring (bicyclic) bond motifs is 1. The Balaban J connectivity index is 1.13. The van der Waals surface area contributed by atoms with Crippen molar-refractivity contribution in [1.29, 1.82) is 0 Å². The van der Waals surface area contributed by atoms with Crippen LogP contribution in [0.4, 0.5) is 0 Å². The number of hydrogen-bond donors (Lipinski definition) is 2. The van der Waals surface area contributed by atoms with E-state index in [1.807, 2.05) is 26.0 Å². The van der Waals surface area contributed by atoms with Crippen molar-refractivity contribution in [3.05, 3.63) is 69.9 Å². The second-order valence-corrected chi connectivity index (χ2v) is 11.8. The first-order valence-corrected chi connectivity index (χ1v) is 14.7. The summed E-state index contributed by atoms with van der Waals surface area (Å²) >= 11 is 6.65. The topological polar surface area (TPSA) is 134 Å². The van der Waals surface area contributed by atoms with Crippen LogP contribution in [0.15, 0.2) is 35.2 Å². The maximum atomic E-state index is 13.0. The zero-order valence-electron chi connectivity index (χ0n) is 24.2. The van der Waals surface area contributed by atoms with Gasteiger partial charge < -0.3 is 24.5 Å². The molecule has 0 spiro atoms. The number of aromatic nitrogens is 3. The van der Waals surface area contributed by atoms with E-state index in [2.05, 4.69) is 25.2 Å². The number of carbonyl (C=O) groups is 2. The molecule has 1 fully saturated rings. The maximum Gasteiger partial charge on any atom is 0.270 e. The second kappa shape index (κ2) is 13.2. The normalized spacial score (nSPS) is 16.2. The van der Waals surface area contributed by atoms with Crippen molar-refractivity contribution in [3.8, 4) is 5.75 Å². The molecule has 1 atom stereocenters. The molecule has 2 aliphatic heterocycles. The van der Waals surface area contributed by atoms with Gasteiger partial charge in [0.2, 0.25) is 5.91 Å². The Morgan fingerprint density at radius 2 is 2.07 bits per heavy atom. The molecule has 3 aromatic rings. The Bertz CT molecular complexity index is 1410. The Kier molecular flexibility index (Phi) is 9.40. The van der Waals surface area contributed by atoms with Crippen molar-refractivity contribution >= 4 is 23.4 Å². The minimum absolute atomic E-state index is 0.0589. The first-order valence-electron chi connectivity index (χ1n) is 14.3. The van der Waals surface area contributed by atoms with Crippen LogP contribution in [0.5, 0.6) is 5.75 Å². The van der Waals surface area contributed by atoms with Crippen molar-refractivity contribution in [2.45, 2.75) is 58.8 Å². The zero-order chi connectivity index (χ0) is 29.8. The molecular weight excluding hydrogens is 560 g/mol. The molecule has 224 valence electrons. The highest BCUT2D eigenvalue weighted by Crippen LogP contribution is 2.34. The van der Waals surface area contributed by atoms with E-state index in [9.17, 15) is 14.7 Å². The van der Waals surface area contributed by atoms with Crippen LogP contribution in [-0.2, 0) is 30.8 Å². The van der Waals surface area contributed by atoms with Gasteiger partial charge in [-0.1, -0.05) is 31.5 Å². The van der Waals surface area contributed by atoms with Crippen molar-refractivity contribution in [2.75, 3.05) is 32.7 Å². The summed E-state index contributed by atoms with van der Waals surface area (Å²) < 4.78 is 11.0. The Morgan fingerprint density at radius 3 is 2.79 bits per heavy atom. The van der Waals surface area contributed by atoms with Gasteiger partial charge in [-0.2, -0.15) is 0 Å². The fraction of sp³-hybridized carbons (Fsp3) is 0.500. The average Bonchev–Trinajstić information content (AvgIpc) is 3.46. The van der Waals surface area contributed by atoms with Gasteiger partial charge in [0.25, 0.3) is 5.91 Å². The molecule has 0 bridgehead atoms. The summed E-state index contributed by atoms with van der Waals surface area (Å²) in [5, 5.41) is 14.2. The van der Waals surface area contributed by atoms with E-state index < -0.39 is 6.10 Å². The summed E-state index contributed by atoms with van der Waals surface area (Å²) in [5.41, 5.74) is 3.22. The van der Waals surface area contributed by atoms with E-state index in [0.717, 1.165) is 29.8 Å². The lowest BCUT2D eigenvalue weighted by Gasteiger charge is -2.38. The summed E-state index contributed by atoms with van der Waals surface area (Å²) in [6.45, 7) is 9.07. The molecule has 5 rings (SSSR count). The number of hydrogen-bond acceptors (Lipinski definition) is 9. The Hall–Kier alpha value is -3.54. The highest BCUT2D eigenvalue weighted by molar-refractivity contribution is 6.33. The predicted octanol–water partition coefficient (Wildman–Crippen LogP) is 2.99. The van der Waals surface area contributed by atoms with Crippen molar-refractivity contribution in [2.24, 2.45) is 5.92 Å². The van der Waals surface area contributed by atoms with E-state index in [4.69, 9.17) is 20.8 Å². The van der Waals surface area contributed by atoms with E-state index in [1.165, 1.54) is 6.39 Å². The summed E-state index contributed by atoms with van der Waals surface area (Å²) in [5.74, 6) is 1.94. The molecule has 0 unspecified atom stereocenters. The smallest absolute Gasteiger partial charge is 0.270 e. The molecule has 0 aliphatic carbocycles. The van der Waals surface area contributed by atoms with E-state index in [0.29, 0.717) is 66.6 Å². The molecule has 2 amide bonds. The average molecular weight is 597 g/mol. The molecular formula is C30H37ClN6O5. The van der Waals surface area contributed by atoms with Crippen molar-refractivity contribution in [1.82, 2.24) is 30.1 Å². The van der Waals surface area contributed by atoms with Crippen molar-refractivity contribution in [3.63, 3.8) is 0 Å². The number of halogens is 1. The third-order valence-corrected chi connectivity index (χ3v) is 8.06. The largest absolute Gasteiger partial charge is 0.484 e. The van der Waals surface area contributed by atoms with Crippen molar-refractivity contribution < 1.29 is 23.8 Å². The third-order valence-electron chi connectivity index (χ3n) is 7.64.